The van der Waals surface area contributed by atoms with Crippen LogP contribution in [-0.2, 0) is 14.8 Å². The molecule has 1 N–H and O–H groups in total. The lowest BCUT2D eigenvalue weighted by Gasteiger charge is -2.37. The Hall–Kier alpha value is -2.59. The summed E-state index contributed by atoms with van der Waals surface area (Å²) in [6, 6.07) is 13.8. The first-order valence-electron chi connectivity index (χ1n) is 10.5. The van der Waals surface area contributed by atoms with Gasteiger partial charge in [0, 0.05) is 24.2 Å². The second-order valence-electron chi connectivity index (χ2n) is 8.87. The first-order valence-corrected chi connectivity index (χ1v) is 11.9. The van der Waals surface area contributed by atoms with Crippen LogP contribution in [0.15, 0.2) is 59.5 Å². The van der Waals surface area contributed by atoms with Crippen LogP contribution in [0.2, 0.25) is 0 Å². The van der Waals surface area contributed by atoms with Gasteiger partial charge in [-0.2, -0.15) is 17.5 Å². The van der Waals surface area contributed by atoms with Crippen molar-refractivity contribution in [3.63, 3.8) is 0 Å². The van der Waals surface area contributed by atoms with Crippen molar-refractivity contribution in [2.75, 3.05) is 18.4 Å². The molecule has 2 aromatic carbocycles. The molecule has 0 spiro atoms. The van der Waals surface area contributed by atoms with Crippen LogP contribution in [0.3, 0.4) is 0 Å². The lowest BCUT2D eigenvalue weighted by atomic mass is 9.80. The van der Waals surface area contributed by atoms with E-state index in [4.69, 9.17) is 4.74 Å². The number of nitrogens with zero attached hydrogens (tertiary/aromatic N) is 1. The van der Waals surface area contributed by atoms with Crippen molar-refractivity contribution in [1.29, 1.82) is 0 Å². The van der Waals surface area contributed by atoms with Gasteiger partial charge < -0.3 is 10.1 Å². The van der Waals surface area contributed by atoms with Gasteiger partial charge >= 0.3 is 6.18 Å². The molecule has 0 unspecified atom stereocenters. The van der Waals surface area contributed by atoms with E-state index in [0.717, 1.165) is 13.8 Å². The van der Waals surface area contributed by atoms with Gasteiger partial charge in [-0.05, 0) is 63.1 Å². The third-order valence-electron chi connectivity index (χ3n) is 5.92. The van der Waals surface area contributed by atoms with E-state index in [9.17, 15) is 26.4 Å². The second-order valence-corrected chi connectivity index (χ2v) is 10.8. The zero-order valence-electron chi connectivity index (χ0n) is 18.6. The highest BCUT2D eigenvalue weighted by atomic mass is 32.2. The van der Waals surface area contributed by atoms with Crippen molar-refractivity contribution >= 4 is 21.6 Å². The van der Waals surface area contributed by atoms with Crippen molar-refractivity contribution in [2.45, 2.75) is 50.3 Å². The predicted octanol–water partition coefficient (Wildman–Crippen LogP) is 4.84. The summed E-state index contributed by atoms with van der Waals surface area (Å²) in [6.07, 6.45) is -3.85. The van der Waals surface area contributed by atoms with Crippen molar-refractivity contribution in [3.8, 4) is 5.75 Å². The summed E-state index contributed by atoms with van der Waals surface area (Å²) in [7, 11) is -3.62. The smallest absolute Gasteiger partial charge is 0.427 e. The number of hydrogen-bond donors (Lipinski definition) is 1. The minimum atomic E-state index is -4.53. The second kappa shape index (κ2) is 8.98. The highest BCUT2D eigenvalue weighted by Crippen LogP contribution is 2.36. The molecule has 0 aliphatic carbocycles. The number of piperidine rings is 1. The Bertz CT molecular complexity index is 1080. The van der Waals surface area contributed by atoms with Gasteiger partial charge in [0.2, 0.25) is 15.9 Å². The molecule has 1 fully saturated rings. The minimum Gasteiger partial charge on any atom is -0.478 e. The highest BCUT2D eigenvalue weighted by Gasteiger charge is 2.49. The lowest BCUT2D eigenvalue weighted by molar-refractivity contribution is -0.234. The number of carbonyl (C=O) groups is 1. The van der Waals surface area contributed by atoms with Crippen molar-refractivity contribution < 1.29 is 31.1 Å². The minimum absolute atomic E-state index is 0.0287. The van der Waals surface area contributed by atoms with E-state index in [2.05, 4.69) is 5.32 Å². The Labute approximate surface area is 191 Å². The first kappa shape index (κ1) is 25.0. The molecule has 1 saturated heterocycles. The topological polar surface area (TPSA) is 75.7 Å². The number of carbonyl (C=O) groups excluding carboxylic acids is 1. The van der Waals surface area contributed by atoms with Gasteiger partial charge in [0.05, 0.1) is 4.90 Å². The summed E-state index contributed by atoms with van der Waals surface area (Å²) in [5.74, 6) is -0.246. The third kappa shape index (κ3) is 5.50. The van der Waals surface area contributed by atoms with Crippen LogP contribution in [0.4, 0.5) is 18.9 Å². The van der Waals surface area contributed by atoms with E-state index >= 15 is 0 Å². The zero-order chi connectivity index (χ0) is 24.5. The van der Waals surface area contributed by atoms with Crippen molar-refractivity contribution in [2.24, 2.45) is 5.41 Å². The predicted molar refractivity (Wildman–Crippen MR) is 118 cm³/mol. The summed E-state index contributed by atoms with van der Waals surface area (Å²) in [6.45, 7) is 4.07. The molecule has 3 rings (SSSR count). The molecule has 0 radical (unpaired) electrons. The number of amides is 1. The molecule has 10 heteroatoms. The number of alkyl halides is 3. The summed E-state index contributed by atoms with van der Waals surface area (Å²) in [5.41, 5.74) is -2.71. The quantitative estimate of drug-likeness (QED) is 0.637. The number of ether oxygens (including phenoxy) is 1. The Morgan fingerprint density at radius 3 is 2.06 bits per heavy atom. The fraction of sp³-hybridized carbons (Fsp3) is 0.435. The van der Waals surface area contributed by atoms with Gasteiger partial charge in [0.25, 0.3) is 0 Å². The van der Waals surface area contributed by atoms with Crippen molar-refractivity contribution in [3.05, 3.63) is 54.6 Å². The molecule has 0 atom stereocenters. The molecule has 1 aliphatic heterocycles. The summed E-state index contributed by atoms with van der Waals surface area (Å²) in [4.78, 5) is 13.1. The summed E-state index contributed by atoms with van der Waals surface area (Å²) < 4.78 is 71.0. The van der Waals surface area contributed by atoms with Crippen LogP contribution in [0, 0.1) is 5.41 Å². The Kier molecular flexibility index (Phi) is 6.82. The molecule has 0 saturated carbocycles. The molecule has 180 valence electrons. The van der Waals surface area contributed by atoms with Gasteiger partial charge in [0.15, 0.2) is 5.60 Å². The van der Waals surface area contributed by atoms with Crippen LogP contribution in [0.1, 0.15) is 33.6 Å². The lowest BCUT2D eigenvalue weighted by Crippen LogP contribution is -2.46. The summed E-state index contributed by atoms with van der Waals surface area (Å²) in [5, 5.41) is 2.77. The molecular weight excluding hydrogens is 457 g/mol. The van der Waals surface area contributed by atoms with Crippen LogP contribution >= 0.6 is 0 Å². The maximum atomic E-state index is 13.0. The van der Waals surface area contributed by atoms with E-state index in [-0.39, 0.29) is 29.6 Å². The van der Waals surface area contributed by atoms with E-state index in [1.807, 2.05) is 0 Å². The zero-order valence-corrected chi connectivity index (χ0v) is 19.5. The van der Waals surface area contributed by atoms with Gasteiger partial charge in [-0.25, -0.2) is 8.42 Å². The van der Waals surface area contributed by atoms with E-state index in [1.165, 1.54) is 28.6 Å². The maximum Gasteiger partial charge on any atom is 0.427 e. The molecule has 1 amide bonds. The standard InChI is InChI=1S/C23H27F3N2O4S/c1-21(2,23(24,25)26)32-18-11-9-17(10-12-18)27-20(29)22(3)13-15-28(16-14-22)33(30,31)19-7-5-4-6-8-19/h4-12H,13-16H2,1-3H3,(H,27,29). The normalized spacial score (nSPS) is 17.4. The van der Waals surface area contributed by atoms with Crippen molar-refractivity contribution in [1.82, 2.24) is 4.31 Å². The first-order chi connectivity index (χ1) is 15.2. The van der Waals surface area contributed by atoms with Crippen LogP contribution in [0.5, 0.6) is 5.75 Å². The molecule has 1 heterocycles. The number of benzene rings is 2. The van der Waals surface area contributed by atoms with Gasteiger partial charge in [0.1, 0.15) is 5.75 Å². The van der Waals surface area contributed by atoms with E-state index in [1.54, 1.807) is 37.3 Å². The highest BCUT2D eigenvalue weighted by molar-refractivity contribution is 7.89. The number of nitrogens with one attached hydrogen (secondary N) is 1. The number of rotatable bonds is 6. The third-order valence-corrected chi connectivity index (χ3v) is 7.84. The SMILES string of the molecule is CC1(C(=O)Nc2ccc(OC(C)(C)C(F)(F)F)cc2)CCN(S(=O)(=O)c2ccccc2)CC1. The van der Waals surface area contributed by atoms with Crippen LogP contribution in [-0.4, -0.2) is 43.5 Å². The van der Waals surface area contributed by atoms with Crippen LogP contribution in [0.25, 0.3) is 0 Å². The Morgan fingerprint density at radius 1 is 1.00 bits per heavy atom. The average molecular weight is 485 g/mol. The number of anilines is 1. The monoisotopic (exact) mass is 484 g/mol. The molecule has 1 aliphatic rings. The molecular formula is C23H27F3N2O4S. The Balaban J connectivity index is 1.61. The fourth-order valence-electron chi connectivity index (χ4n) is 3.43. The van der Waals surface area contributed by atoms with Gasteiger partial charge in [-0.3, -0.25) is 4.79 Å². The molecule has 33 heavy (non-hydrogen) atoms. The Morgan fingerprint density at radius 2 is 1.55 bits per heavy atom. The molecule has 0 bridgehead atoms. The number of sulfonamides is 1. The van der Waals surface area contributed by atoms with E-state index in [0.29, 0.717) is 18.5 Å². The summed E-state index contributed by atoms with van der Waals surface area (Å²) >= 11 is 0. The van der Waals surface area contributed by atoms with Gasteiger partial charge in [-0.15, -0.1) is 0 Å². The number of halogens is 3. The average Bonchev–Trinajstić information content (AvgIpc) is 2.75. The maximum absolute atomic E-state index is 13.0. The molecule has 0 aromatic heterocycles. The fourth-order valence-corrected chi connectivity index (χ4v) is 4.89. The van der Waals surface area contributed by atoms with Crippen LogP contribution < -0.4 is 10.1 Å². The molecule has 2 aromatic rings. The van der Waals surface area contributed by atoms with E-state index < -0.39 is 27.2 Å². The number of hydrogen-bond acceptors (Lipinski definition) is 4. The van der Waals surface area contributed by atoms with Gasteiger partial charge in [-0.1, -0.05) is 25.1 Å². The molecule has 6 nitrogen and oxygen atoms in total. The largest absolute Gasteiger partial charge is 0.478 e.